The van der Waals surface area contributed by atoms with Crippen LogP contribution in [0.1, 0.15) is 23.7 Å². The van der Waals surface area contributed by atoms with Gasteiger partial charge in [0.2, 0.25) is 0 Å². The van der Waals surface area contributed by atoms with Gasteiger partial charge in [0.1, 0.15) is 4.99 Å². The van der Waals surface area contributed by atoms with Gasteiger partial charge in [-0.25, -0.2) is 0 Å². The molecule has 2 heterocycles. The van der Waals surface area contributed by atoms with E-state index in [-0.39, 0.29) is 6.10 Å². The molecule has 1 unspecified atom stereocenters. The van der Waals surface area contributed by atoms with Crippen LogP contribution in [0.25, 0.3) is 0 Å². The lowest BCUT2D eigenvalue weighted by molar-refractivity contribution is 0.0528. The Labute approximate surface area is 112 Å². The van der Waals surface area contributed by atoms with Gasteiger partial charge < -0.3 is 15.4 Å². The van der Waals surface area contributed by atoms with Crippen molar-refractivity contribution in [2.75, 3.05) is 24.6 Å². The molecule has 2 N–H and O–H groups in total. The number of ether oxygens (including phenoxy) is 1. The minimum Gasteiger partial charge on any atom is -0.389 e. The molecule has 1 saturated heterocycles. The first-order valence-corrected chi connectivity index (χ1v) is 6.41. The normalized spacial score (nSPS) is 19.9. The third-order valence-electron chi connectivity index (χ3n) is 3.22. The predicted octanol–water partition coefficient (Wildman–Crippen LogP) is 0.953. The Kier molecular flexibility index (Phi) is 3.77. The smallest absolute Gasteiger partial charge is 0.161 e. The summed E-state index contributed by atoms with van der Waals surface area (Å²) in [5, 5.41) is 8.45. The SMILES string of the molecule is Cc1nnc(N2CCOC(C)C2)c(C(N)=S)c1C. The molecule has 6 heteroatoms. The highest BCUT2D eigenvalue weighted by Gasteiger charge is 2.23. The van der Waals surface area contributed by atoms with Crippen molar-refractivity contribution in [3.63, 3.8) is 0 Å². The number of nitrogens with zero attached hydrogens (tertiary/aromatic N) is 3. The van der Waals surface area contributed by atoms with Crippen LogP contribution in [0, 0.1) is 13.8 Å². The number of hydrogen-bond donors (Lipinski definition) is 1. The molecule has 1 atom stereocenters. The molecule has 1 aromatic heterocycles. The van der Waals surface area contributed by atoms with E-state index in [4.69, 9.17) is 22.7 Å². The fourth-order valence-electron chi connectivity index (χ4n) is 2.12. The van der Waals surface area contributed by atoms with Gasteiger partial charge in [0.05, 0.1) is 24.0 Å². The van der Waals surface area contributed by atoms with E-state index in [1.54, 1.807) is 0 Å². The van der Waals surface area contributed by atoms with Crippen molar-refractivity contribution >= 4 is 23.0 Å². The minimum absolute atomic E-state index is 0.182. The number of thiocarbonyl (C=S) groups is 1. The summed E-state index contributed by atoms with van der Waals surface area (Å²) >= 11 is 5.15. The second kappa shape index (κ2) is 5.16. The summed E-state index contributed by atoms with van der Waals surface area (Å²) in [5.41, 5.74) is 8.54. The molecular weight excluding hydrogens is 248 g/mol. The summed E-state index contributed by atoms with van der Waals surface area (Å²) in [6.07, 6.45) is 0.182. The molecule has 1 aromatic rings. The van der Waals surface area contributed by atoms with Crippen molar-refractivity contribution in [2.45, 2.75) is 26.9 Å². The maximum absolute atomic E-state index is 5.83. The molecule has 2 rings (SSSR count). The Bertz CT molecular complexity index is 477. The van der Waals surface area contributed by atoms with Crippen LogP contribution >= 0.6 is 12.2 Å². The molecule has 18 heavy (non-hydrogen) atoms. The second-order valence-electron chi connectivity index (χ2n) is 4.60. The summed E-state index contributed by atoms with van der Waals surface area (Å²) < 4.78 is 5.53. The Hall–Kier alpha value is -1.27. The molecule has 0 amide bonds. The van der Waals surface area contributed by atoms with E-state index in [2.05, 4.69) is 15.1 Å². The standard InChI is InChI=1S/C12H18N4OS/c1-7-6-16(4-5-17-7)12-10(11(13)18)8(2)9(3)14-15-12/h7H,4-6H2,1-3H3,(H2,13,18). The van der Waals surface area contributed by atoms with Gasteiger partial charge in [-0.05, 0) is 26.3 Å². The molecule has 1 fully saturated rings. The van der Waals surface area contributed by atoms with E-state index < -0.39 is 0 Å². The summed E-state index contributed by atoms with van der Waals surface area (Å²) in [6, 6.07) is 0. The number of morpholine rings is 1. The van der Waals surface area contributed by atoms with Crippen molar-refractivity contribution in [3.8, 4) is 0 Å². The van der Waals surface area contributed by atoms with Crippen molar-refractivity contribution in [1.29, 1.82) is 0 Å². The van der Waals surface area contributed by atoms with E-state index in [0.29, 0.717) is 11.6 Å². The average Bonchev–Trinajstić information content (AvgIpc) is 2.32. The highest BCUT2D eigenvalue weighted by atomic mass is 32.1. The molecule has 5 nitrogen and oxygen atoms in total. The molecular formula is C12H18N4OS. The van der Waals surface area contributed by atoms with Crippen LogP contribution < -0.4 is 10.6 Å². The summed E-state index contributed by atoms with van der Waals surface area (Å²) in [4.78, 5) is 2.52. The molecule has 0 bridgehead atoms. The van der Waals surface area contributed by atoms with E-state index in [1.807, 2.05) is 20.8 Å². The van der Waals surface area contributed by atoms with Crippen LogP contribution in [-0.4, -0.2) is 41.0 Å². The van der Waals surface area contributed by atoms with Gasteiger partial charge >= 0.3 is 0 Å². The summed E-state index contributed by atoms with van der Waals surface area (Å²) in [5.74, 6) is 0.778. The summed E-state index contributed by atoms with van der Waals surface area (Å²) in [7, 11) is 0. The molecule has 98 valence electrons. The molecule has 0 aromatic carbocycles. The van der Waals surface area contributed by atoms with Crippen molar-refractivity contribution in [1.82, 2.24) is 10.2 Å². The third-order valence-corrected chi connectivity index (χ3v) is 3.43. The summed E-state index contributed by atoms with van der Waals surface area (Å²) in [6.45, 7) is 8.19. The lowest BCUT2D eigenvalue weighted by atomic mass is 10.1. The zero-order chi connectivity index (χ0) is 13.3. The van der Waals surface area contributed by atoms with Crippen LogP contribution in [-0.2, 0) is 4.74 Å². The van der Waals surface area contributed by atoms with Crippen LogP contribution in [0.3, 0.4) is 0 Å². The zero-order valence-corrected chi connectivity index (χ0v) is 11.8. The fourth-order valence-corrected chi connectivity index (χ4v) is 2.37. The van der Waals surface area contributed by atoms with Crippen molar-refractivity contribution in [2.24, 2.45) is 5.73 Å². The zero-order valence-electron chi connectivity index (χ0n) is 10.9. The number of rotatable bonds is 2. The van der Waals surface area contributed by atoms with Gasteiger partial charge in [0.15, 0.2) is 5.82 Å². The van der Waals surface area contributed by atoms with Crippen LogP contribution in [0.2, 0.25) is 0 Å². The van der Waals surface area contributed by atoms with Gasteiger partial charge in [-0.3, -0.25) is 0 Å². The fraction of sp³-hybridized carbons (Fsp3) is 0.583. The lowest BCUT2D eigenvalue weighted by Gasteiger charge is -2.33. The van der Waals surface area contributed by atoms with E-state index in [1.165, 1.54) is 0 Å². The predicted molar refractivity (Wildman–Crippen MR) is 75.0 cm³/mol. The second-order valence-corrected chi connectivity index (χ2v) is 5.04. The maximum atomic E-state index is 5.83. The number of hydrogen-bond acceptors (Lipinski definition) is 5. The number of nitrogens with two attached hydrogens (primary N) is 1. The highest BCUT2D eigenvalue weighted by molar-refractivity contribution is 7.80. The quantitative estimate of drug-likeness (QED) is 0.804. The molecule has 1 aliphatic heterocycles. The number of aryl methyl sites for hydroxylation is 1. The van der Waals surface area contributed by atoms with E-state index >= 15 is 0 Å². The topological polar surface area (TPSA) is 64.3 Å². The largest absolute Gasteiger partial charge is 0.389 e. The Morgan fingerprint density at radius 1 is 1.44 bits per heavy atom. The molecule has 0 radical (unpaired) electrons. The van der Waals surface area contributed by atoms with Crippen molar-refractivity contribution in [3.05, 3.63) is 16.8 Å². The Morgan fingerprint density at radius 3 is 2.78 bits per heavy atom. The molecule has 0 aliphatic carbocycles. The monoisotopic (exact) mass is 266 g/mol. The number of aromatic nitrogens is 2. The average molecular weight is 266 g/mol. The Balaban J connectivity index is 2.43. The molecule has 0 saturated carbocycles. The van der Waals surface area contributed by atoms with Gasteiger partial charge in [0, 0.05) is 13.1 Å². The third kappa shape index (κ3) is 2.44. The molecule has 0 spiro atoms. The van der Waals surface area contributed by atoms with E-state index in [9.17, 15) is 0 Å². The van der Waals surface area contributed by atoms with Crippen LogP contribution in [0.15, 0.2) is 0 Å². The minimum atomic E-state index is 0.182. The first-order valence-electron chi connectivity index (χ1n) is 6.01. The van der Waals surface area contributed by atoms with Gasteiger partial charge in [-0.15, -0.1) is 5.10 Å². The Morgan fingerprint density at radius 2 is 2.17 bits per heavy atom. The highest BCUT2D eigenvalue weighted by Crippen LogP contribution is 2.23. The lowest BCUT2D eigenvalue weighted by Crippen LogP contribution is -2.42. The number of anilines is 1. The maximum Gasteiger partial charge on any atom is 0.161 e. The van der Waals surface area contributed by atoms with E-state index in [0.717, 1.165) is 35.7 Å². The van der Waals surface area contributed by atoms with Crippen LogP contribution in [0.5, 0.6) is 0 Å². The van der Waals surface area contributed by atoms with Gasteiger partial charge in [0.25, 0.3) is 0 Å². The first kappa shape index (κ1) is 13.2. The van der Waals surface area contributed by atoms with Crippen LogP contribution in [0.4, 0.5) is 5.82 Å². The first-order chi connectivity index (χ1) is 8.50. The van der Waals surface area contributed by atoms with Gasteiger partial charge in [-0.1, -0.05) is 12.2 Å². The van der Waals surface area contributed by atoms with Crippen molar-refractivity contribution < 1.29 is 4.74 Å². The molecule has 1 aliphatic rings. The van der Waals surface area contributed by atoms with Gasteiger partial charge in [-0.2, -0.15) is 5.10 Å².